The molecule has 1 aromatic carbocycles. The summed E-state index contributed by atoms with van der Waals surface area (Å²) in [6.07, 6.45) is 0.768. The average molecular weight is 252 g/mol. The first-order valence-electron chi connectivity index (χ1n) is 5.33. The molecule has 0 aromatic heterocycles. The molecule has 2 unspecified atom stereocenters. The fourth-order valence-electron chi connectivity index (χ4n) is 2.08. The Balaban J connectivity index is 2.17. The van der Waals surface area contributed by atoms with Crippen molar-refractivity contribution < 1.29 is 4.79 Å². The van der Waals surface area contributed by atoms with Crippen LogP contribution in [0.25, 0.3) is 0 Å². The molecule has 4 N–H and O–H groups in total. The van der Waals surface area contributed by atoms with Crippen LogP contribution in [-0.4, -0.2) is 11.9 Å². The highest BCUT2D eigenvalue weighted by Gasteiger charge is 2.55. The maximum atomic E-state index is 11.7. The van der Waals surface area contributed by atoms with Crippen molar-refractivity contribution in [1.29, 1.82) is 0 Å². The van der Waals surface area contributed by atoms with E-state index in [1.165, 1.54) is 0 Å². The minimum absolute atomic E-state index is 0.134. The van der Waals surface area contributed by atoms with Gasteiger partial charge in [-0.25, -0.2) is 0 Å². The molecule has 17 heavy (non-hydrogen) atoms. The summed E-state index contributed by atoms with van der Waals surface area (Å²) >= 11 is 5.83. The number of aliphatic imine (C=N–C) groups is 1. The Hall–Kier alpha value is -1.55. The number of benzene rings is 1. The molecule has 1 aliphatic rings. The van der Waals surface area contributed by atoms with E-state index in [9.17, 15) is 4.79 Å². The number of hydrogen-bond acceptors (Lipinski definition) is 1. The van der Waals surface area contributed by atoms with E-state index in [1.54, 1.807) is 0 Å². The minimum Gasteiger partial charge on any atom is -0.370 e. The number of carbonyl (C=O) groups excluding carboxylic acids is 1. The predicted octanol–water partition coefficient (Wildman–Crippen LogP) is 1.42. The third-order valence-electron chi connectivity index (χ3n) is 3.28. The van der Waals surface area contributed by atoms with Crippen LogP contribution >= 0.6 is 11.6 Å². The van der Waals surface area contributed by atoms with Gasteiger partial charge in [-0.3, -0.25) is 4.79 Å². The lowest BCUT2D eigenvalue weighted by Crippen LogP contribution is -2.25. The molecule has 1 fully saturated rings. The van der Waals surface area contributed by atoms with E-state index in [4.69, 9.17) is 23.1 Å². The molecule has 0 bridgehead atoms. The summed E-state index contributed by atoms with van der Waals surface area (Å²) < 4.78 is 0. The first kappa shape index (κ1) is 11.9. The van der Waals surface area contributed by atoms with Crippen molar-refractivity contribution in [2.24, 2.45) is 22.4 Å². The topological polar surface area (TPSA) is 81.5 Å². The molecule has 1 saturated carbocycles. The van der Waals surface area contributed by atoms with E-state index < -0.39 is 0 Å². The second-order valence-electron chi connectivity index (χ2n) is 4.56. The maximum Gasteiger partial charge on any atom is 0.252 e. The van der Waals surface area contributed by atoms with Crippen LogP contribution in [0.4, 0.5) is 0 Å². The van der Waals surface area contributed by atoms with Crippen LogP contribution in [0.2, 0.25) is 5.02 Å². The zero-order valence-electron chi connectivity index (χ0n) is 9.48. The Bertz CT molecular complexity index is 479. The van der Waals surface area contributed by atoms with E-state index >= 15 is 0 Å². The second kappa shape index (κ2) is 4.04. The van der Waals surface area contributed by atoms with Crippen LogP contribution in [0.1, 0.15) is 18.9 Å². The summed E-state index contributed by atoms with van der Waals surface area (Å²) in [6, 6.07) is 7.52. The highest BCUT2D eigenvalue weighted by molar-refractivity contribution is 6.30. The number of nitrogens with zero attached hydrogens (tertiary/aromatic N) is 1. The van der Waals surface area contributed by atoms with Gasteiger partial charge in [-0.1, -0.05) is 30.7 Å². The van der Waals surface area contributed by atoms with Crippen molar-refractivity contribution in [2.75, 3.05) is 0 Å². The maximum absolute atomic E-state index is 11.7. The van der Waals surface area contributed by atoms with Gasteiger partial charge in [-0.2, -0.15) is 4.99 Å². The molecule has 4 nitrogen and oxygen atoms in total. The van der Waals surface area contributed by atoms with Gasteiger partial charge in [0.2, 0.25) is 0 Å². The van der Waals surface area contributed by atoms with Crippen LogP contribution in [0.15, 0.2) is 29.3 Å². The Kier molecular flexibility index (Phi) is 2.83. The number of halogens is 1. The molecule has 5 heteroatoms. The zero-order valence-corrected chi connectivity index (χ0v) is 10.2. The molecular formula is C12H14ClN3O. The molecule has 0 radical (unpaired) electrons. The van der Waals surface area contributed by atoms with Crippen molar-refractivity contribution in [1.82, 2.24) is 0 Å². The van der Waals surface area contributed by atoms with Gasteiger partial charge < -0.3 is 11.5 Å². The molecule has 2 atom stereocenters. The van der Waals surface area contributed by atoms with Crippen molar-refractivity contribution >= 4 is 23.5 Å². The fraction of sp³-hybridized carbons (Fsp3) is 0.333. The molecule has 0 heterocycles. The smallest absolute Gasteiger partial charge is 0.252 e. The summed E-state index contributed by atoms with van der Waals surface area (Å²) in [7, 11) is 0. The average Bonchev–Trinajstić information content (AvgIpc) is 2.92. The molecule has 1 aromatic rings. The lowest BCUT2D eigenvalue weighted by Gasteiger charge is -2.10. The van der Waals surface area contributed by atoms with Crippen LogP contribution in [0.5, 0.6) is 0 Å². The van der Waals surface area contributed by atoms with E-state index in [1.807, 2.05) is 31.2 Å². The largest absolute Gasteiger partial charge is 0.370 e. The number of carbonyl (C=O) groups is 1. The number of amides is 1. The standard InChI is InChI=1S/C12H14ClN3O/c1-12(7-2-4-8(13)5-3-7)6-9(12)10(17)16-11(14)15/h2-5,9H,6H2,1H3,(H4,14,15,16,17). The minimum atomic E-state index is -0.248. The Morgan fingerprint density at radius 1 is 1.41 bits per heavy atom. The first-order valence-corrected chi connectivity index (χ1v) is 5.71. The molecular weight excluding hydrogens is 238 g/mol. The van der Waals surface area contributed by atoms with Gasteiger partial charge >= 0.3 is 0 Å². The van der Waals surface area contributed by atoms with Crippen LogP contribution in [-0.2, 0) is 10.2 Å². The Labute approximate surface area is 105 Å². The predicted molar refractivity (Wildman–Crippen MR) is 67.7 cm³/mol. The normalized spacial score (nSPS) is 26.4. The SMILES string of the molecule is CC1(c2ccc(Cl)cc2)CC1C(=O)N=C(N)N. The van der Waals surface area contributed by atoms with Crippen molar-refractivity contribution in [3.05, 3.63) is 34.9 Å². The number of rotatable bonds is 2. The van der Waals surface area contributed by atoms with E-state index in [0.717, 1.165) is 12.0 Å². The van der Waals surface area contributed by atoms with E-state index in [0.29, 0.717) is 5.02 Å². The van der Waals surface area contributed by atoms with Crippen LogP contribution in [0, 0.1) is 5.92 Å². The lowest BCUT2D eigenvalue weighted by molar-refractivity contribution is -0.119. The molecule has 1 aliphatic carbocycles. The van der Waals surface area contributed by atoms with E-state index in [-0.39, 0.29) is 23.2 Å². The second-order valence-corrected chi connectivity index (χ2v) is 4.99. The molecule has 90 valence electrons. The number of guanidine groups is 1. The Morgan fingerprint density at radius 2 is 2.00 bits per heavy atom. The Morgan fingerprint density at radius 3 is 2.53 bits per heavy atom. The van der Waals surface area contributed by atoms with Crippen molar-refractivity contribution in [2.45, 2.75) is 18.8 Å². The lowest BCUT2D eigenvalue weighted by atomic mass is 9.95. The molecule has 0 aliphatic heterocycles. The quantitative estimate of drug-likeness (QED) is 0.616. The number of nitrogens with two attached hydrogens (primary N) is 2. The molecule has 0 spiro atoms. The highest BCUT2D eigenvalue weighted by Crippen LogP contribution is 2.54. The van der Waals surface area contributed by atoms with Gasteiger partial charge in [0.25, 0.3) is 5.91 Å². The number of hydrogen-bond donors (Lipinski definition) is 2. The van der Waals surface area contributed by atoms with Crippen LogP contribution in [0.3, 0.4) is 0 Å². The van der Waals surface area contributed by atoms with Gasteiger partial charge in [-0.15, -0.1) is 0 Å². The van der Waals surface area contributed by atoms with Gasteiger partial charge in [0, 0.05) is 10.4 Å². The van der Waals surface area contributed by atoms with Gasteiger partial charge in [-0.05, 0) is 24.1 Å². The summed E-state index contributed by atoms with van der Waals surface area (Å²) in [4.78, 5) is 15.3. The van der Waals surface area contributed by atoms with Gasteiger partial charge in [0.05, 0.1) is 5.92 Å². The van der Waals surface area contributed by atoms with Gasteiger partial charge in [0.15, 0.2) is 5.96 Å². The molecule has 1 amide bonds. The van der Waals surface area contributed by atoms with Crippen molar-refractivity contribution in [3.8, 4) is 0 Å². The highest BCUT2D eigenvalue weighted by atomic mass is 35.5. The molecule has 2 rings (SSSR count). The molecule has 0 saturated heterocycles. The fourth-order valence-corrected chi connectivity index (χ4v) is 2.21. The zero-order chi connectivity index (χ0) is 12.6. The summed E-state index contributed by atoms with van der Waals surface area (Å²) in [6.45, 7) is 2.03. The third kappa shape index (κ3) is 2.26. The summed E-state index contributed by atoms with van der Waals surface area (Å²) in [5.41, 5.74) is 11.3. The van der Waals surface area contributed by atoms with E-state index in [2.05, 4.69) is 4.99 Å². The first-order chi connectivity index (χ1) is 7.93. The third-order valence-corrected chi connectivity index (χ3v) is 3.53. The summed E-state index contributed by atoms with van der Waals surface area (Å²) in [5.74, 6) is -0.561. The monoisotopic (exact) mass is 251 g/mol. The van der Waals surface area contributed by atoms with Gasteiger partial charge in [0.1, 0.15) is 0 Å². The summed E-state index contributed by atoms with van der Waals surface area (Å²) in [5, 5.41) is 0.685. The van der Waals surface area contributed by atoms with Crippen molar-refractivity contribution in [3.63, 3.8) is 0 Å². The van der Waals surface area contributed by atoms with Crippen LogP contribution < -0.4 is 11.5 Å².